The van der Waals surface area contributed by atoms with E-state index in [1.165, 1.54) is 0 Å². The number of rotatable bonds is 6. The summed E-state index contributed by atoms with van der Waals surface area (Å²) in [5, 5.41) is 19.7. The number of carbonyl (C=O) groups excluding carboxylic acids is 1. The van der Waals surface area contributed by atoms with Gasteiger partial charge in [-0.3, -0.25) is 14.8 Å². The number of nitrogens with one attached hydrogen (secondary N) is 3. The molecule has 168 valence electrons. The second kappa shape index (κ2) is 9.73. The molecule has 0 aliphatic carbocycles. The molecule has 3 aromatic carbocycles. The Morgan fingerprint density at radius 2 is 1.51 bits per heavy atom. The molecule has 0 fully saturated rings. The fraction of sp³-hybridized carbons (Fsp3) is 0. The Morgan fingerprint density at radius 3 is 2.34 bits per heavy atom. The predicted octanol–water partition coefficient (Wildman–Crippen LogP) is 6.24. The lowest BCUT2D eigenvalue weighted by atomic mass is 10.1. The van der Waals surface area contributed by atoms with Gasteiger partial charge in [0.05, 0.1) is 11.1 Å². The maximum Gasteiger partial charge on any atom is 0.255 e. The quantitative estimate of drug-likeness (QED) is 0.279. The molecule has 7 nitrogen and oxygen atoms in total. The molecule has 35 heavy (non-hydrogen) atoms. The van der Waals surface area contributed by atoms with Gasteiger partial charge in [-0.2, -0.15) is 5.26 Å². The Morgan fingerprint density at radius 1 is 0.771 bits per heavy atom. The molecule has 0 spiro atoms. The van der Waals surface area contributed by atoms with E-state index >= 15 is 0 Å². The van der Waals surface area contributed by atoms with Crippen LogP contribution in [0.2, 0.25) is 0 Å². The van der Waals surface area contributed by atoms with Crippen LogP contribution in [0.4, 0.5) is 28.4 Å². The molecule has 2 aromatic heterocycles. The highest BCUT2D eigenvalue weighted by atomic mass is 16.1. The van der Waals surface area contributed by atoms with Crippen molar-refractivity contribution < 1.29 is 4.79 Å². The molecule has 0 radical (unpaired) electrons. The number of fused-ring (bicyclic) bond motifs is 1. The fourth-order valence-corrected chi connectivity index (χ4v) is 3.69. The SMILES string of the molecule is N#Cc1cnc2cccc(Nc3cccc(C(=O)Nc4cccc(Nc5ccncc5)c4)c3)c2c1. The molecular weight excluding hydrogens is 436 g/mol. The van der Waals surface area contributed by atoms with Gasteiger partial charge in [-0.1, -0.05) is 18.2 Å². The Labute approximate surface area is 202 Å². The number of aromatic nitrogens is 2. The predicted molar refractivity (Wildman–Crippen MR) is 138 cm³/mol. The minimum atomic E-state index is -0.221. The first-order valence-corrected chi connectivity index (χ1v) is 10.9. The lowest BCUT2D eigenvalue weighted by Crippen LogP contribution is -2.12. The van der Waals surface area contributed by atoms with E-state index in [-0.39, 0.29) is 5.91 Å². The van der Waals surface area contributed by atoms with Gasteiger partial charge in [-0.25, -0.2) is 0 Å². The van der Waals surface area contributed by atoms with Crippen LogP contribution in [-0.4, -0.2) is 15.9 Å². The zero-order valence-corrected chi connectivity index (χ0v) is 18.6. The van der Waals surface area contributed by atoms with Crippen molar-refractivity contribution in [2.75, 3.05) is 16.0 Å². The number of amides is 1. The molecule has 0 saturated carbocycles. The third kappa shape index (κ3) is 5.07. The minimum absolute atomic E-state index is 0.221. The van der Waals surface area contributed by atoms with Crippen molar-refractivity contribution in [3.8, 4) is 6.07 Å². The Bertz CT molecular complexity index is 1560. The van der Waals surface area contributed by atoms with Gasteiger partial charge in [0.2, 0.25) is 0 Å². The van der Waals surface area contributed by atoms with Crippen molar-refractivity contribution in [3.05, 3.63) is 115 Å². The third-order valence-electron chi connectivity index (χ3n) is 5.35. The van der Waals surface area contributed by atoms with E-state index in [1.807, 2.05) is 66.7 Å². The molecule has 5 rings (SSSR count). The van der Waals surface area contributed by atoms with Crippen molar-refractivity contribution >= 4 is 45.2 Å². The van der Waals surface area contributed by atoms with Gasteiger partial charge in [-0.15, -0.1) is 0 Å². The number of hydrogen-bond acceptors (Lipinski definition) is 6. The van der Waals surface area contributed by atoms with Crippen molar-refractivity contribution in [2.45, 2.75) is 0 Å². The Kier molecular flexibility index (Phi) is 6.01. The van der Waals surface area contributed by atoms with Gasteiger partial charge >= 0.3 is 0 Å². The molecule has 5 aromatic rings. The van der Waals surface area contributed by atoms with Crippen molar-refractivity contribution in [2.24, 2.45) is 0 Å². The average molecular weight is 457 g/mol. The lowest BCUT2D eigenvalue weighted by Gasteiger charge is -2.12. The van der Waals surface area contributed by atoms with Crippen LogP contribution in [0.25, 0.3) is 10.9 Å². The number of nitriles is 1. The van der Waals surface area contributed by atoms with E-state index in [0.717, 1.165) is 33.7 Å². The van der Waals surface area contributed by atoms with Crippen molar-refractivity contribution in [1.82, 2.24) is 9.97 Å². The number of pyridine rings is 2. The number of benzene rings is 3. The molecule has 0 unspecified atom stereocenters. The normalized spacial score (nSPS) is 10.4. The number of nitrogens with zero attached hydrogens (tertiary/aromatic N) is 3. The van der Waals surface area contributed by atoms with Gasteiger partial charge in [-0.05, 0) is 66.7 Å². The molecule has 0 saturated heterocycles. The summed E-state index contributed by atoms with van der Waals surface area (Å²) < 4.78 is 0. The number of carbonyl (C=O) groups is 1. The number of hydrogen-bond donors (Lipinski definition) is 3. The van der Waals surface area contributed by atoms with Crippen LogP contribution >= 0.6 is 0 Å². The van der Waals surface area contributed by atoms with Gasteiger partial charge in [0, 0.05) is 58.0 Å². The van der Waals surface area contributed by atoms with Crippen LogP contribution in [-0.2, 0) is 0 Å². The van der Waals surface area contributed by atoms with E-state index < -0.39 is 0 Å². The van der Waals surface area contributed by atoms with E-state index in [1.54, 1.807) is 36.8 Å². The summed E-state index contributed by atoms with van der Waals surface area (Å²) in [5.41, 5.74) is 5.78. The van der Waals surface area contributed by atoms with E-state index in [0.29, 0.717) is 16.8 Å². The summed E-state index contributed by atoms with van der Waals surface area (Å²) in [6.07, 6.45) is 4.98. The first kappa shape index (κ1) is 21.6. The van der Waals surface area contributed by atoms with Crippen LogP contribution in [0.15, 0.2) is 104 Å². The molecule has 0 aliphatic heterocycles. The van der Waals surface area contributed by atoms with Crippen LogP contribution in [0.3, 0.4) is 0 Å². The smallest absolute Gasteiger partial charge is 0.255 e. The Hall–Kier alpha value is -5.22. The highest BCUT2D eigenvalue weighted by Crippen LogP contribution is 2.27. The van der Waals surface area contributed by atoms with E-state index in [9.17, 15) is 10.1 Å². The summed E-state index contributed by atoms with van der Waals surface area (Å²) >= 11 is 0. The zero-order chi connectivity index (χ0) is 24.0. The molecule has 2 heterocycles. The average Bonchev–Trinajstić information content (AvgIpc) is 2.89. The molecule has 0 aliphatic rings. The van der Waals surface area contributed by atoms with Gasteiger partial charge in [0.25, 0.3) is 5.91 Å². The monoisotopic (exact) mass is 456 g/mol. The molecule has 7 heteroatoms. The van der Waals surface area contributed by atoms with Crippen LogP contribution in [0, 0.1) is 11.3 Å². The standard InChI is InChI=1S/C28H20N6O/c29-17-19-14-25-26(31-18-19)8-3-9-27(25)33-22-5-1-4-20(15-22)28(35)34-24-7-2-6-23(16-24)32-21-10-12-30-13-11-21/h1-16,18,33H,(H,30,32)(H,34,35). The third-order valence-corrected chi connectivity index (χ3v) is 5.35. The van der Waals surface area contributed by atoms with Crippen LogP contribution < -0.4 is 16.0 Å². The molecule has 3 N–H and O–H groups in total. The van der Waals surface area contributed by atoms with Gasteiger partial charge < -0.3 is 16.0 Å². The van der Waals surface area contributed by atoms with E-state index in [2.05, 4.69) is 32.0 Å². The lowest BCUT2D eigenvalue weighted by molar-refractivity contribution is 0.102. The van der Waals surface area contributed by atoms with Gasteiger partial charge in [0.15, 0.2) is 0 Å². The molecular formula is C28H20N6O. The van der Waals surface area contributed by atoms with E-state index in [4.69, 9.17) is 0 Å². The van der Waals surface area contributed by atoms with Crippen molar-refractivity contribution in [1.29, 1.82) is 5.26 Å². The summed E-state index contributed by atoms with van der Waals surface area (Å²) in [7, 11) is 0. The fourth-order valence-electron chi connectivity index (χ4n) is 3.69. The highest BCUT2D eigenvalue weighted by Gasteiger charge is 2.09. The topological polar surface area (TPSA) is 103 Å². The largest absolute Gasteiger partial charge is 0.355 e. The second-order valence-corrected chi connectivity index (χ2v) is 7.81. The second-order valence-electron chi connectivity index (χ2n) is 7.81. The highest BCUT2D eigenvalue weighted by molar-refractivity contribution is 6.05. The summed E-state index contributed by atoms with van der Waals surface area (Å²) in [5.74, 6) is -0.221. The molecule has 0 bridgehead atoms. The molecule has 0 atom stereocenters. The summed E-state index contributed by atoms with van der Waals surface area (Å²) in [6.45, 7) is 0. The first-order valence-electron chi connectivity index (χ1n) is 10.9. The summed E-state index contributed by atoms with van der Waals surface area (Å²) in [6, 6.07) is 28.1. The van der Waals surface area contributed by atoms with Crippen LogP contribution in [0.5, 0.6) is 0 Å². The van der Waals surface area contributed by atoms with Gasteiger partial charge in [0.1, 0.15) is 6.07 Å². The minimum Gasteiger partial charge on any atom is -0.355 e. The Balaban J connectivity index is 1.33. The summed E-state index contributed by atoms with van der Waals surface area (Å²) in [4.78, 5) is 21.3. The van der Waals surface area contributed by atoms with Crippen LogP contribution in [0.1, 0.15) is 15.9 Å². The number of anilines is 5. The molecule has 1 amide bonds. The maximum absolute atomic E-state index is 13.0. The zero-order valence-electron chi connectivity index (χ0n) is 18.6. The first-order chi connectivity index (χ1) is 17.2. The van der Waals surface area contributed by atoms with Crippen molar-refractivity contribution in [3.63, 3.8) is 0 Å². The maximum atomic E-state index is 13.0.